The van der Waals surface area contributed by atoms with Gasteiger partial charge in [0.25, 0.3) is 0 Å². The SMILES string of the molecule is COc1ccccc1C(C)CC(=O)NC1(C(=O)O)CCOCC1. The first-order valence-electron chi connectivity index (χ1n) is 7.73. The lowest BCUT2D eigenvalue weighted by Crippen LogP contribution is -2.57. The zero-order valence-electron chi connectivity index (χ0n) is 13.5. The minimum absolute atomic E-state index is 0.0724. The van der Waals surface area contributed by atoms with Crippen molar-refractivity contribution in [2.24, 2.45) is 0 Å². The number of methoxy groups -OCH3 is 1. The van der Waals surface area contributed by atoms with Crippen LogP contribution in [0.3, 0.4) is 0 Å². The maximum absolute atomic E-state index is 12.3. The predicted molar refractivity (Wildman–Crippen MR) is 84.6 cm³/mol. The fourth-order valence-corrected chi connectivity index (χ4v) is 2.89. The fourth-order valence-electron chi connectivity index (χ4n) is 2.89. The maximum Gasteiger partial charge on any atom is 0.329 e. The zero-order chi connectivity index (χ0) is 16.9. The van der Waals surface area contributed by atoms with Crippen LogP contribution in [0, 0.1) is 0 Å². The molecule has 1 atom stereocenters. The maximum atomic E-state index is 12.3. The van der Waals surface area contributed by atoms with Crippen LogP contribution in [0.25, 0.3) is 0 Å². The second-order valence-corrected chi connectivity index (χ2v) is 5.89. The molecule has 0 saturated carbocycles. The standard InChI is InChI=1S/C17H23NO5/c1-12(13-5-3-4-6-14(13)22-2)11-15(19)18-17(16(20)21)7-9-23-10-8-17/h3-6,12H,7-11H2,1-2H3,(H,18,19)(H,20,21). The first kappa shape index (κ1) is 17.3. The van der Waals surface area contributed by atoms with Gasteiger partial charge in [0.1, 0.15) is 11.3 Å². The number of carboxylic acids is 1. The molecule has 1 aromatic rings. The largest absolute Gasteiger partial charge is 0.496 e. The third-order valence-corrected chi connectivity index (χ3v) is 4.30. The fraction of sp³-hybridized carbons (Fsp3) is 0.529. The summed E-state index contributed by atoms with van der Waals surface area (Å²) in [4.78, 5) is 23.9. The molecule has 1 fully saturated rings. The van der Waals surface area contributed by atoms with Crippen molar-refractivity contribution in [3.63, 3.8) is 0 Å². The highest BCUT2D eigenvalue weighted by molar-refractivity contribution is 5.87. The first-order chi connectivity index (χ1) is 11.0. The Morgan fingerprint density at radius 2 is 2.00 bits per heavy atom. The Bertz CT molecular complexity index is 566. The molecule has 126 valence electrons. The van der Waals surface area contributed by atoms with Crippen LogP contribution in [-0.2, 0) is 14.3 Å². The number of benzene rings is 1. The number of hydrogen-bond acceptors (Lipinski definition) is 4. The molecular formula is C17H23NO5. The summed E-state index contributed by atoms with van der Waals surface area (Å²) in [6.45, 7) is 2.61. The Morgan fingerprint density at radius 3 is 2.61 bits per heavy atom. The molecule has 6 heteroatoms. The van der Waals surface area contributed by atoms with Crippen LogP contribution in [-0.4, -0.2) is 42.8 Å². The van der Waals surface area contributed by atoms with Crippen LogP contribution in [0.15, 0.2) is 24.3 Å². The van der Waals surface area contributed by atoms with Gasteiger partial charge in [0, 0.05) is 32.5 Å². The number of hydrogen-bond donors (Lipinski definition) is 2. The molecule has 1 saturated heterocycles. The molecule has 1 heterocycles. The molecule has 0 spiro atoms. The van der Waals surface area contributed by atoms with Crippen LogP contribution in [0.5, 0.6) is 5.75 Å². The normalized spacial score (nSPS) is 18.0. The summed E-state index contributed by atoms with van der Waals surface area (Å²) in [6, 6.07) is 7.53. The Kier molecular flexibility index (Phi) is 5.60. The van der Waals surface area contributed by atoms with E-state index >= 15 is 0 Å². The monoisotopic (exact) mass is 321 g/mol. The van der Waals surface area contributed by atoms with Crippen LogP contribution in [0.1, 0.15) is 37.7 Å². The number of rotatable bonds is 6. The van der Waals surface area contributed by atoms with E-state index in [2.05, 4.69) is 5.32 Å². The summed E-state index contributed by atoms with van der Waals surface area (Å²) in [5, 5.41) is 12.2. The van der Waals surface area contributed by atoms with E-state index in [1.807, 2.05) is 31.2 Å². The van der Waals surface area contributed by atoms with Gasteiger partial charge in [-0.25, -0.2) is 4.79 Å². The Hall–Kier alpha value is -2.08. The zero-order valence-corrected chi connectivity index (χ0v) is 13.5. The Labute approximate surface area is 135 Å². The lowest BCUT2D eigenvalue weighted by Gasteiger charge is -2.34. The van der Waals surface area contributed by atoms with E-state index in [0.717, 1.165) is 11.3 Å². The summed E-state index contributed by atoms with van der Waals surface area (Å²) < 4.78 is 10.5. The molecule has 6 nitrogen and oxygen atoms in total. The minimum Gasteiger partial charge on any atom is -0.496 e. The number of nitrogens with one attached hydrogen (secondary N) is 1. The Morgan fingerprint density at radius 1 is 1.35 bits per heavy atom. The number of amides is 1. The van der Waals surface area contributed by atoms with E-state index < -0.39 is 11.5 Å². The van der Waals surface area contributed by atoms with E-state index in [1.165, 1.54) is 0 Å². The second kappa shape index (κ2) is 7.46. The van der Waals surface area contributed by atoms with Gasteiger partial charge in [-0.3, -0.25) is 4.79 Å². The molecule has 1 aliphatic rings. The molecule has 0 radical (unpaired) electrons. The third-order valence-electron chi connectivity index (χ3n) is 4.30. The molecule has 0 aliphatic carbocycles. The van der Waals surface area contributed by atoms with Crippen LogP contribution in [0.4, 0.5) is 0 Å². The highest BCUT2D eigenvalue weighted by Crippen LogP contribution is 2.29. The van der Waals surface area contributed by atoms with Crippen molar-refractivity contribution in [1.29, 1.82) is 0 Å². The van der Waals surface area contributed by atoms with Crippen molar-refractivity contribution in [2.45, 2.75) is 37.6 Å². The summed E-state index contributed by atoms with van der Waals surface area (Å²) in [6.07, 6.45) is 0.782. The molecule has 2 rings (SSSR count). The van der Waals surface area contributed by atoms with E-state index in [0.29, 0.717) is 13.2 Å². The van der Waals surface area contributed by atoms with Crippen LogP contribution < -0.4 is 10.1 Å². The van der Waals surface area contributed by atoms with E-state index in [-0.39, 0.29) is 31.1 Å². The van der Waals surface area contributed by atoms with Crippen molar-refractivity contribution in [1.82, 2.24) is 5.32 Å². The molecule has 1 aliphatic heterocycles. The van der Waals surface area contributed by atoms with Gasteiger partial charge in [0.15, 0.2) is 0 Å². The van der Waals surface area contributed by atoms with Gasteiger partial charge in [-0.2, -0.15) is 0 Å². The van der Waals surface area contributed by atoms with Crippen molar-refractivity contribution in [2.75, 3.05) is 20.3 Å². The van der Waals surface area contributed by atoms with E-state index in [9.17, 15) is 14.7 Å². The molecule has 0 aromatic heterocycles. The number of carbonyl (C=O) groups excluding carboxylic acids is 1. The summed E-state index contributed by atoms with van der Waals surface area (Å²) in [7, 11) is 1.59. The van der Waals surface area contributed by atoms with Gasteiger partial charge in [-0.15, -0.1) is 0 Å². The summed E-state index contributed by atoms with van der Waals surface area (Å²) in [5.41, 5.74) is -0.281. The lowest BCUT2D eigenvalue weighted by atomic mass is 9.89. The summed E-state index contributed by atoms with van der Waals surface area (Å²) in [5.74, 6) is -0.615. The number of para-hydroxylation sites is 1. The Balaban J connectivity index is 2.04. The van der Waals surface area contributed by atoms with Gasteiger partial charge < -0.3 is 19.9 Å². The van der Waals surface area contributed by atoms with Crippen LogP contribution in [0.2, 0.25) is 0 Å². The number of carboxylic acid groups (broad SMARTS) is 1. The highest BCUT2D eigenvalue weighted by atomic mass is 16.5. The number of aliphatic carboxylic acids is 1. The molecule has 23 heavy (non-hydrogen) atoms. The van der Waals surface area contributed by atoms with E-state index in [4.69, 9.17) is 9.47 Å². The smallest absolute Gasteiger partial charge is 0.329 e. The van der Waals surface area contributed by atoms with Crippen molar-refractivity contribution in [3.8, 4) is 5.75 Å². The van der Waals surface area contributed by atoms with Crippen molar-refractivity contribution in [3.05, 3.63) is 29.8 Å². The number of ether oxygens (including phenoxy) is 2. The van der Waals surface area contributed by atoms with Gasteiger partial charge in [0.05, 0.1) is 7.11 Å². The van der Waals surface area contributed by atoms with Crippen LogP contribution >= 0.6 is 0 Å². The predicted octanol–water partition coefficient (Wildman–Crippen LogP) is 1.94. The second-order valence-electron chi connectivity index (χ2n) is 5.89. The molecule has 1 aromatic carbocycles. The van der Waals surface area contributed by atoms with Gasteiger partial charge in [0.2, 0.25) is 5.91 Å². The quantitative estimate of drug-likeness (QED) is 0.836. The number of carbonyl (C=O) groups is 2. The molecule has 0 bridgehead atoms. The van der Waals surface area contributed by atoms with Crippen molar-refractivity contribution < 1.29 is 24.2 Å². The first-order valence-corrected chi connectivity index (χ1v) is 7.73. The average Bonchev–Trinajstić information content (AvgIpc) is 2.55. The van der Waals surface area contributed by atoms with Gasteiger partial charge in [-0.05, 0) is 17.5 Å². The highest BCUT2D eigenvalue weighted by Gasteiger charge is 2.41. The van der Waals surface area contributed by atoms with Crippen molar-refractivity contribution >= 4 is 11.9 Å². The third kappa shape index (κ3) is 4.01. The molecule has 1 unspecified atom stereocenters. The summed E-state index contributed by atoms with van der Waals surface area (Å²) >= 11 is 0. The van der Waals surface area contributed by atoms with Gasteiger partial charge >= 0.3 is 5.97 Å². The average molecular weight is 321 g/mol. The molecular weight excluding hydrogens is 298 g/mol. The lowest BCUT2D eigenvalue weighted by molar-refractivity contribution is -0.152. The molecule has 1 amide bonds. The topological polar surface area (TPSA) is 84.9 Å². The van der Waals surface area contributed by atoms with Gasteiger partial charge in [-0.1, -0.05) is 25.1 Å². The minimum atomic E-state index is -1.21. The van der Waals surface area contributed by atoms with E-state index in [1.54, 1.807) is 7.11 Å². The molecule has 2 N–H and O–H groups in total.